The third kappa shape index (κ3) is 3.20. The highest BCUT2D eigenvalue weighted by atomic mass is 16.5. The first-order chi connectivity index (χ1) is 8.97. The number of rotatable bonds is 4. The molecule has 19 heavy (non-hydrogen) atoms. The van der Waals surface area contributed by atoms with Gasteiger partial charge in [0.05, 0.1) is 6.54 Å². The van der Waals surface area contributed by atoms with Crippen molar-refractivity contribution in [2.75, 3.05) is 0 Å². The first kappa shape index (κ1) is 13.7. The average molecular weight is 259 g/mol. The Hall–Kier alpha value is -1.68. The predicted molar refractivity (Wildman–Crippen MR) is 75.9 cm³/mol. The van der Waals surface area contributed by atoms with Crippen molar-refractivity contribution in [2.45, 2.75) is 47.2 Å². The average Bonchev–Trinajstić information content (AvgIpc) is 2.73. The molecule has 4 nitrogen and oxygen atoms in total. The summed E-state index contributed by atoms with van der Waals surface area (Å²) in [5.41, 5.74) is 4.64. The molecule has 0 saturated heterocycles. The van der Waals surface area contributed by atoms with Gasteiger partial charge in [0.25, 0.3) is 5.89 Å². The van der Waals surface area contributed by atoms with Crippen LogP contribution in [0.4, 0.5) is 0 Å². The second kappa shape index (κ2) is 5.53. The summed E-state index contributed by atoms with van der Waals surface area (Å²) in [6, 6.07) is 4.68. The van der Waals surface area contributed by atoms with Crippen LogP contribution in [0.5, 0.6) is 0 Å². The Morgan fingerprint density at radius 2 is 1.79 bits per heavy atom. The van der Waals surface area contributed by atoms with Crippen molar-refractivity contribution < 1.29 is 4.52 Å². The van der Waals surface area contributed by atoms with Crippen LogP contribution in [0.15, 0.2) is 16.7 Å². The van der Waals surface area contributed by atoms with Crippen molar-refractivity contribution in [2.24, 2.45) is 0 Å². The van der Waals surface area contributed by atoms with E-state index in [4.69, 9.17) is 4.52 Å². The lowest BCUT2D eigenvalue weighted by Crippen LogP contribution is -2.22. The normalized spacial score (nSPS) is 11.3. The largest absolute Gasteiger partial charge is 0.334 e. The molecule has 0 aliphatic rings. The van der Waals surface area contributed by atoms with Gasteiger partial charge in [0.2, 0.25) is 0 Å². The lowest BCUT2D eigenvalue weighted by atomic mass is 10.00. The topological polar surface area (TPSA) is 51.0 Å². The molecule has 0 aliphatic carbocycles. The molecule has 0 spiro atoms. The van der Waals surface area contributed by atoms with Crippen LogP contribution in [0.25, 0.3) is 11.5 Å². The monoisotopic (exact) mass is 259 g/mol. The van der Waals surface area contributed by atoms with Crippen molar-refractivity contribution in [1.29, 1.82) is 0 Å². The van der Waals surface area contributed by atoms with Crippen LogP contribution in [0, 0.1) is 20.8 Å². The molecule has 0 aliphatic heterocycles. The fourth-order valence-corrected chi connectivity index (χ4v) is 2.24. The second-order valence-electron chi connectivity index (χ2n) is 5.33. The van der Waals surface area contributed by atoms with Crippen LogP contribution in [-0.2, 0) is 6.54 Å². The van der Waals surface area contributed by atoms with Gasteiger partial charge in [-0.15, -0.1) is 0 Å². The summed E-state index contributed by atoms with van der Waals surface area (Å²) >= 11 is 0. The minimum atomic E-state index is 0.407. The van der Waals surface area contributed by atoms with Crippen molar-refractivity contribution in [3.63, 3.8) is 0 Å². The summed E-state index contributed by atoms with van der Waals surface area (Å²) in [5, 5.41) is 7.30. The maximum Gasteiger partial charge on any atom is 0.258 e. The number of hydrogen-bond donors (Lipinski definition) is 1. The van der Waals surface area contributed by atoms with E-state index in [9.17, 15) is 0 Å². The molecule has 0 saturated carbocycles. The zero-order chi connectivity index (χ0) is 14.0. The first-order valence-electron chi connectivity index (χ1n) is 6.61. The lowest BCUT2D eigenvalue weighted by molar-refractivity contribution is 0.417. The summed E-state index contributed by atoms with van der Waals surface area (Å²) in [6.07, 6.45) is 0. The van der Waals surface area contributed by atoms with Crippen molar-refractivity contribution in [3.05, 3.63) is 34.6 Å². The van der Waals surface area contributed by atoms with Crippen LogP contribution in [0.3, 0.4) is 0 Å². The van der Waals surface area contributed by atoms with Gasteiger partial charge >= 0.3 is 0 Å². The molecule has 0 fully saturated rings. The number of aryl methyl sites for hydroxylation is 3. The zero-order valence-corrected chi connectivity index (χ0v) is 12.2. The van der Waals surface area contributed by atoms with Gasteiger partial charge in [-0.1, -0.05) is 36.7 Å². The molecule has 1 N–H and O–H groups in total. The first-order valence-corrected chi connectivity index (χ1v) is 6.61. The quantitative estimate of drug-likeness (QED) is 0.916. The van der Waals surface area contributed by atoms with E-state index in [0.29, 0.717) is 24.3 Å². The van der Waals surface area contributed by atoms with Gasteiger partial charge in [0, 0.05) is 11.6 Å². The second-order valence-corrected chi connectivity index (χ2v) is 5.33. The molecule has 2 aromatic rings. The van der Waals surface area contributed by atoms with Crippen LogP contribution in [0.2, 0.25) is 0 Å². The summed E-state index contributed by atoms with van der Waals surface area (Å²) in [7, 11) is 0. The van der Waals surface area contributed by atoms with Crippen LogP contribution < -0.4 is 5.32 Å². The van der Waals surface area contributed by atoms with E-state index in [2.05, 4.69) is 62.2 Å². The Morgan fingerprint density at radius 3 is 2.37 bits per heavy atom. The van der Waals surface area contributed by atoms with E-state index in [1.807, 2.05) is 0 Å². The molecule has 0 amide bonds. The molecule has 102 valence electrons. The summed E-state index contributed by atoms with van der Waals surface area (Å²) in [6.45, 7) is 11.1. The van der Waals surface area contributed by atoms with Gasteiger partial charge in [-0.05, 0) is 31.9 Å². The minimum Gasteiger partial charge on any atom is -0.334 e. The number of benzene rings is 1. The van der Waals surface area contributed by atoms with Gasteiger partial charge in [-0.2, -0.15) is 4.98 Å². The van der Waals surface area contributed by atoms with Crippen molar-refractivity contribution >= 4 is 0 Å². The van der Waals surface area contributed by atoms with E-state index < -0.39 is 0 Å². The number of nitrogens with one attached hydrogen (secondary N) is 1. The Morgan fingerprint density at radius 1 is 1.16 bits per heavy atom. The summed E-state index contributed by atoms with van der Waals surface area (Å²) < 4.78 is 5.38. The number of nitrogens with zero attached hydrogens (tertiary/aromatic N) is 2. The molecule has 4 heteroatoms. The van der Waals surface area contributed by atoms with E-state index in [1.165, 1.54) is 16.7 Å². The highest BCUT2D eigenvalue weighted by Crippen LogP contribution is 2.26. The van der Waals surface area contributed by atoms with E-state index in [0.717, 1.165) is 5.56 Å². The van der Waals surface area contributed by atoms with E-state index in [1.54, 1.807) is 0 Å². The molecule has 1 aromatic heterocycles. The molecule has 1 aromatic carbocycles. The molecule has 0 atom stereocenters. The SMILES string of the molecule is Cc1cc(C)c(-c2nc(CNC(C)C)no2)c(C)c1. The van der Waals surface area contributed by atoms with Crippen LogP contribution in [0.1, 0.15) is 36.4 Å². The molecular formula is C15H21N3O. The highest BCUT2D eigenvalue weighted by Gasteiger charge is 2.14. The molecule has 0 bridgehead atoms. The number of hydrogen-bond acceptors (Lipinski definition) is 4. The summed E-state index contributed by atoms with van der Waals surface area (Å²) in [5.74, 6) is 1.30. The maximum atomic E-state index is 5.38. The Labute approximate surface area is 114 Å². The standard InChI is InChI=1S/C15H21N3O/c1-9(2)16-8-13-17-15(19-18-13)14-11(4)6-10(3)7-12(14)5/h6-7,9,16H,8H2,1-5H3. The predicted octanol–water partition coefficient (Wildman–Crippen LogP) is 3.16. The van der Waals surface area contributed by atoms with E-state index >= 15 is 0 Å². The Balaban J connectivity index is 2.28. The minimum absolute atomic E-state index is 0.407. The van der Waals surface area contributed by atoms with Crippen molar-refractivity contribution in [3.8, 4) is 11.5 Å². The van der Waals surface area contributed by atoms with Gasteiger partial charge in [-0.3, -0.25) is 0 Å². The maximum absolute atomic E-state index is 5.38. The molecular weight excluding hydrogens is 238 g/mol. The Kier molecular flexibility index (Phi) is 4.00. The van der Waals surface area contributed by atoms with Gasteiger partial charge in [0.1, 0.15) is 0 Å². The fraction of sp³-hybridized carbons (Fsp3) is 0.467. The van der Waals surface area contributed by atoms with Gasteiger partial charge in [-0.25, -0.2) is 0 Å². The van der Waals surface area contributed by atoms with Crippen molar-refractivity contribution in [1.82, 2.24) is 15.5 Å². The molecule has 2 rings (SSSR count). The Bertz CT molecular complexity index is 550. The third-order valence-electron chi connectivity index (χ3n) is 3.03. The molecule has 0 radical (unpaired) electrons. The summed E-state index contributed by atoms with van der Waals surface area (Å²) in [4.78, 5) is 4.46. The third-order valence-corrected chi connectivity index (χ3v) is 3.03. The van der Waals surface area contributed by atoms with Gasteiger partial charge in [0.15, 0.2) is 5.82 Å². The lowest BCUT2D eigenvalue weighted by Gasteiger charge is -2.06. The van der Waals surface area contributed by atoms with E-state index in [-0.39, 0.29) is 0 Å². The van der Waals surface area contributed by atoms with Crippen LogP contribution in [-0.4, -0.2) is 16.2 Å². The molecule has 0 unspecified atom stereocenters. The molecule has 1 heterocycles. The van der Waals surface area contributed by atoms with Gasteiger partial charge < -0.3 is 9.84 Å². The highest BCUT2D eigenvalue weighted by molar-refractivity contribution is 5.63. The fourth-order valence-electron chi connectivity index (χ4n) is 2.24. The van der Waals surface area contributed by atoms with Crippen LogP contribution >= 0.6 is 0 Å². The number of aromatic nitrogens is 2. The zero-order valence-electron chi connectivity index (χ0n) is 12.2. The smallest absolute Gasteiger partial charge is 0.258 e.